The molecule has 10 atom stereocenters. The first-order valence-corrected chi connectivity index (χ1v) is 10.8. The third-order valence-corrected chi connectivity index (χ3v) is 5.72. The molecule has 0 spiro atoms. The van der Waals surface area contributed by atoms with Crippen LogP contribution < -0.4 is 10.1 Å². The van der Waals surface area contributed by atoms with Crippen molar-refractivity contribution >= 4 is 5.91 Å². The summed E-state index contributed by atoms with van der Waals surface area (Å²) >= 11 is 0. The lowest BCUT2D eigenvalue weighted by Crippen LogP contribution is -2.66. The van der Waals surface area contributed by atoms with Crippen LogP contribution in [0.3, 0.4) is 0 Å². The molecule has 13 nitrogen and oxygen atoms in total. The molecule has 2 fully saturated rings. The maximum absolute atomic E-state index is 12.6. The summed E-state index contributed by atoms with van der Waals surface area (Å²) in [6, 6.07) is 5.92. The number of aliphatic hydroxyl groups excluding tert-OH is 7. The molecular weight excluding hydrogens is 470 g/mol. The molecule has 1 aromatic rings. The normalized spacial score (nSPS) is 37.3. The molecule has 2 heterocycles. The van der Waals surface area contributed by atoms with Gasteiger partial charge in [0.2, 0.25) is 0 Å². The largest absolute Gasteiger partial charge is 0.481 e. The van der Waals surface area contributed by atoms with Gasteiger partial charge in [-0.2, -0.15) is 0 Å². The Kier molecular flexibility index (Phi) is 9.39. The van der Waals surface area contributed by atoms with Gasteiger partial charge in [0.25, 0.3) is 5.91 Å². The van der Waals surface area contributed by atoms with Crippen LogP contribution in [0.2, 0.25) is 0 Å². The van der Waals surface area contributed by atoms with Crippen molar-refractivity contribution in [2.24, 2.45) is 0 Å². The van der Waals surface area contributed by atoms with Crippen LogP contribution in [-0.2, 0) is 14.2 Å². The number of aliphatic hydroxyl groups is 7. The summed E-state index contributed by atoms with van der Waals surface area (Å²) in [5.74, 6) is 2.10. The van der Waals surface area contributed by atoms with E-state index in [9.17, 15) is 40.5 Å². The van der Waals surface area contributed by atoms with Gasteiger partial charge in [-0.15, -0.1) is 6.42 Å². The Bertz CT molecular complexity index is 872. The second-order valence-electron chi connectivity index (χ2n) is 8.05. The Labute approximate surface area is 200 Å². The molecule has 1 amide bonds. The van der Waals surface area contributed by atoms with Gasteiger partial charge in [0.05, 0.1) is 13.2 Å². The maximum Gasteiger partial charge on any atom is 0.253 e. The second kappa shape index (κ2) is 12.1. The molecule has 1 aromatic carbocycles. The lowest BCUT2D eigenvalue weighted by atomic mass is 9.96. The van der Waals surface area contributed by atoms with E-state index in [4.69, 9.17) is 25.4 Å². The Morgan fingerprint density at radius 2 is 1.57 bits per heavy atom. The minimum absolute atomic E-state index is 0.0560. The van der Waals surface area contributed by atoms with Crippen molar-refractivity contribution in [3.8, 4) is 18.1 Å². The number of amides is 1. The Morgan fingerprint density at radius 1 is 0.914 bits per heavy atom. The van der Waals surface area contributed by atoms with Crippen LogP contribution in [0.4, 0.5) is 0 Å². The third kappa shape index (κ3) is 6.08. The molecule has 13 heteroatoms. The quantitative estimate of drug-likeness (QED) is 0.161. The Balaban J connectivity index is 1.66. The minimum atomic E-state index is -1.78. The highest BCUT2D eigenvalue weighted by atomic mass is 16.7. The zero-order valence-corrected chi connectivity index (χ0v) is 18.5. The molecule has 8 N–H and O–H groups in total. The molecule has 0 radical (unpaired) electrons. The first-order chi connectivity index (χ1) is 16.7. The van der Waals surface area contributed by atoms with E-state index in [0.29, 0.717) is 5.75 Å². The summed E-state index contributed by atoms with van der Waals surface area (Å²) in [5, 5.41) is 72.6. The van der Waals surface area contributed by atoms with E-state index in [0.717, 1.165) is 0 Å². The number of carbonyl (C=O) groups is 1. The zero-order valence-electron chi connectivity index (χ0n) is 18.5. The van der Waals surface area contributed by atoms with E-state index in [-0.39, 0.29) is 12.2 Å². The summed E-state index contributed by atoms with van der Waals surface area (Å²) in [6.45, 7) is -1.37. The highest BCUT2D eigenvalue weighted by Gasteiger charge is 2.50. The van der Waals surface area contributed by atoms with Crippen molar-refractivity contribution in [3.63, 3.8) is 0 Å². The van der Waals surface area contributed by atoms with Crippen LogP contribution in [0.5, 0.6) is 5.75 Å². The Morgan fingerprint density at radius 3 is 2.17 bits per heavy atom. The fourth-order valence-corrected chi connectivity index (χ4v) is 3.75. The molecule has 0 bridgehead atoms. The number of benzene rings is 1. The smallest absolute Gasteiger partial charge is 0.253 e. The van der Waals surface area contributed by atoms with Crippen LogP contribution in [-0.4, -0.2) is 123 Å². The van der Waals surface area contributed by atoms with Gasteiger partial charge in [-0.05, 0) is 24.3 Å². The van der Waals surface area contributed by atoms with Crippen molar-refractivity contribution < 1.29 is 59.5 Å². The number of terminal acetylenes is 1. The summed E-state index contributed by atoms with van der Waals surface area (Å²) in [4.78, 5) is 12.6. The third-order valence-electron chi connectivity index (χ3n) is 5.72. The van der Waals surface area contributed by atoms with Gasteiger partial charge in [-0.25, -0.2) is 0 Å². The SMILES string of the molecule is C#CCOc1ccc(C(=O)N[C@@H]2O[C@H](CO)[C@@H](O[C@@H]3O[C@H](CO)[C@H](O)[C@H](O)[C@H]3O)[C@H](O)[C@H]2O)cc1. The fraction of sp³-hybridized carbons (Fsp3) is 0.591. The van der Waals surface area contributed by atoms with E-state index >= 15 is 0 Å². The van der Waals surface area contributed by atoms with E-state index in [1.54, 1.807) is 0 Å². The number of carbonyl (C=O) groups excluding carboxylic acids is 1. The van der Waals surface area contributed by atoms with Crippen molar-refractivity contribution in [2.75, 3.05) is 19.8 Å². The molecule has 0 aliphatic carbocycles. The van der Waals surface area contributed by atoms with Gasteiger partial charge >= 0.3 is 0 Å². The molecule has 2 aliphatic rings. The molecule has 0 saturated carbocycles. The first kappa shape index (κ1) is 27.2. The Hall–Kier alpha value is -2.35. The summed E-state index contributed by atoms with van der Waals surface area (Å²) in [5.41, 5.74) is 0.184. The highest BCUT2D eigenvalue weighted by molar-refractivity contribution is 5.94. The van der Waals surface area contributed by atoms with Gasteiger partial charge in [0.1, 0.15) is 61.2 Å². The van der Waals surface area contributed by atoms with E-state index in [1.165, 1.54) is 24.3 Å². The minimum Gasteiger partial charge on any atom is -0.481 e. The van der Waals surface area contributed by atoms with E-state index in [1.807, 2.05) is 0 Å². The lowest BCUT2D eigenvalue weighted by molar-refractivity contribution is -0.342. The highest BCUT2D eigenvalue weighted by Crippen LogP contribution is 2.28. The fourth-order valence-electron chi connectivity index (χ4n) is 3.75. The molecule has 3 rings (SSSR count). The standard InChI is InChI=1S/C22H29NO12/c1-2-7-32-11-5-3-10(4-6-11)20(31)23-21-17(29)16(28)19(13(9-25)33-21)35-22-18(30)15(27)14(26)12(8-24)34-22/h1,3-6,12-19,21-22,24-30H,7-9H2,(H,23,31)/t12-,13-,14+,15+,16-,17-,18-,19-,21-,22+/m1/s1. The van der Waals surface area contributed by atoms with Gasteiger partial charge in [-0.1, -0.05) is 5.92 Å². The van der Waals surface area contributed by atoms with Crippen LogP contribution in [0, 0.1) is 12.3 Å². The number of hydrogen-bond donors (Lipinski definition) is 8. The number of rotatable bonds is 8. The average molecular weight is 499 g/mol. The number of hydrogen-bond acceptors (Lipinski definition) is 12. The van der Waals surface area contributed by atoms with Crippen LogP contribution in [0.25, 0.3) is 0 Å². The van der Waals surface area contributed by atoms with E-state index in [2.05, 4.69) is 11.2 Å². The van der Waals surface area contributed by atoms with E-state index < -0.39 is 80.5 Å². The van der Waals surface area contributed by atoms with Gasteiger partial charge in [0, 0.05) is 5.56 Å². The van der Waals surface area contributed by atoms with Crippen LogP contribution in [0.1, 0.15) is 10.4 Å². The molecule has 2 aliphatic heterocycles. The maximum atomic E-state index is 12.6. The summed E-state index contributed by atoms with van der Waals surface area (Å²) in [7, 11) is 0. The predicted molar refractivity (Wildman–Crippen MR) is 115 cm³/mol. The summed E-state index contributed by atoms with van der Waals surface area (Å²) < 4.78 is 21.5. The molecule has 0 aromatic heterocycles. The first-order valence-electron chi connectivity index (χ1n) is 10.8. The van der Waals surface area contributed by atoms with Gasteiger partial charge in [-0.3, -0.25) is 4.79 Å². The molecule has 0 unspecified atom stereocenters. The lowest BCUT2D eigenvalue weighted by Gasteiger charge is -2.46. The predicted octanol–water partition coefficient (Wildman–Crippen LogP) is -3.95. The van der Waals surface area contributed by atoms with Gasteiger partial charge < -0.3 is 60.0 Å². The molecule has 194 valence electrons. The van der Waals surface area contributed by atoms with Crippen LogP contribution >= 0.6 is 0 Å². The molecular formula is C22H29NO12. The topological polar surface area (TPSA) is 208 Å². The monoisotopic (exact) mass is 499 g/mol. The van der Waals surface area contributed by atoms with Crippen molar-refractivity contribution in [1.29, 1.82) is 0 Å². The molecule has 2 saturated heterocycles. The van der Waals surface area contributed by atoms with Crippen LogP contribution in [0.15, 0.2) is 24.3 Å². The van der Waals surface area contributed by atoms with Gasteiger partial charge in [0.15, 0.2) is 12.5 Å². The summed E-state index contributed by atoms with van der Waals surface area (Å²) in [6.07, 6.45) is -10.6. The van der Waals surface area contributed by atoms with Crippen molar-refractivity contribution in [1.82, 2.24) is 5.32 Å². The van der Waals surface area contributed by atoms with Crippen molar-refractivity contribution in [3.05, 3.63) is 29.8 Å². The zero-order chi connectivity index (χ0) is 25.7. The van der Waals surface area contributed by atoms with Crippen molar-refractivity contribution in [2.45, 2.75) is 61.3 Å². The molecule has 35 heavy (non-hydrogen) atoms. The second-order valence-corrected chi connectivity index (χ2v) is 8.05. The average Bonchev–Trinajstić information content (AvgIpc) is 2.87. The number of nitrogens with one attached hydrogen (secondary N) is 1. The number of ether oxygens (including phenoxy) is 4.